The molecule has 0 heterocycles. The van der Waals surface area contributed by atoms with E-state index in [0.29, 0.717) is 5.56 Å². The summed E-state index contributed by atoms with van der Waals surface area (Å²) < 4.78 is 66.8. The Balaban J connectivity index is 2.35. The zero-order chi connectivity index (χ0) is 16.4. The van der Waals surface area contributed by atoms with Crippen LogP contribution in [0.1, 0.15) is 5.56 Å². The molecule has 1 N–H and O–H groups in total. The Morgan fingerprint density at radius 3 is 1.86 bits per heavy atom. The van der Waals surface area contributed by atoms with Gasteiger partial charge in [0, 0.05) is 6.54 Å². The maximum absolute atomic E-state index is 13.6. The molecule has 9 heteroatoms. The minimum Gasteiger partial charge on any atom is -0.376 e. The molecule has 0 amide bonds. The Kier molecular flexibility index (Phi) is 4.25. The van der Waals surface area contributed by atoms with E-state index in [1.165, 1.54) is 12.1 Å². The molecular formula is C13H7F5N2O2. The van der Waals surface area contributed by atoms with Gasteiger partial charge in [0.25, 0.3) is 0 Å². The summed E-state index contributed by atoms with van der Waals surface area (Å²) in [7, 11) is 0. The van der Waals surface area contributed by atoms with Crippen LogP contribution in [0.25, 0.3) is 0 Å². The highest BCUT2D eigenvalue weighted by atomic mass is 19.2. The Hall–Kier alpha value is -2.71. The molecule has 0 unspecified atom stereocenters. The summed E-state index contributed by atoms with van der Waals surface area (Å²) in [5.74, 6) is -8.56. The van der Waals surface area contributed by atoms with E-state index in [4.69, 9.17) is 0 Å². The summed E-state index contributed by atoms with van der Waals surface area (Å²) in [5, 5.41) is 12.5. The van der Waals surface area contributed by atoms with Crippen molar-refractivity contribution in [2.24, 2.45) is 0 Å². The second-order valence-electron chi connectivity index (χ2n) is 4.22. The number of rotatable bonds is 4. The lowest BCUT2D eigenvalue weighted by Gasteiger charge is -2.10. The van der Waals surface area contributed by atoms with Gasteiger partial charge in [0.1, 0.15) is 11.5 Å². The molecule has 0 spiro atoms. The summed E-state index contributed by atoms with van der Waals surface area (Å²) in [6.45, 7) is -0.273. The second kappa shape index (κ2) is 5.96. The van der Waals surface area contributed by atoms with Crippen molar-refractivity contribution in [3.63, 3.8) is 0 Å². The van der Waals surface area contributed by atoms with Crippen LogP contribution in [-0.2, 0) is 6.54 Å². The largest absolute Gasteiger partial charge is 0.376 e. The molecule has 2 rings (SSSR count). The van der Waals surface area contributed by atoms with Crippen LogP contribution >= 0.6 is 0 Å². The number of nitrogens with one attached hydrogen (secondary N) is 1. The van der Waals surface area contributed by atoms with Gasteiger partial charge in [-0.2, -0.15) is 8.78 Å². The highest BCUT2D eigenvalue weighted by molar-refractivity contribution is 5.54. The summed E-state index contributed by atoms with van der Waals surface area (Å²) in [6, 6.07) is 4.74. The second-order valence-corrected chi connectivity index (χ2v) is 4.22. The van der Waals surface area contributed by atoms with E-state index in [2.05, 4.69) is 5.32 Å². The molecule has 116 valence electrons. The molecule has 0 saturated heterocycles. The average molecular weight is 318 g/mol. The van der Waals surface area contributed by atoms with Gasteiger partial charge in [0.05, 0.1) is 4.92 Å². The van der Waals surface area contributed by atoms with Crippen molar-refractivity contribution >= 4 is 11.4 Å². The molecule has 0 aromatic heterocycles. The SMILES string of the molecule is O=[N+]([O-])c1c(F)c(F)c(NCc2ccc(F)cc2)c(F)c1F. The maximum Gasteiger partial charge on any atom is 0.346 e. The predicted molar refractivity (Wildman–Crippen MR) is 66.7 cm³/mol. The minimum absolute atomic E-state index is 0.273. The number of nitro benzene ring substituents is 1. The number of nitro groups is 1. The number of anilines is 1. The first-order valence-electron chi connectivity index (χ1n) is 5.81. The van der Waals surface area contributed by atoms with Gasteiger partial charge in [-0.1, -0.05) is 12.1 Å². The molecule has 0 aliphatic carbocycles. The zero-order valence-corrected chi connectivity index (χ0v) is 10.7. The standard InChI is InChI=1S/C13H7F5N2O2/c14-7-3-1-6(2-4-7)5-19-12-8(15)10(17)13(20(21)22)11(18)9(12)16/h1-4,19H,5H2. The average Bonchev–Trinajstić information content (AvgIpc) is 2.47. The molecular weight excluding hydrogens is 311 g/mol. The van der Waals surface area contributed by atoms with E-state index in [1.54, 1.807) is 0 Å². The fraction of sp³-hybridized carbons (Fsp3) is 0.0769. The van der Waals surface area contributed by atoms with Gasteiger partial charge in [-0.3, -0.25) is 10.1 Å². The van der Waals surface area contributed by atoms with Crippen LogP contribution in [-0.4, -0.2) is 4.92 Å². The van der Waals surface area contributed by atoms with Gasteiger partial charge < -0.3 is 5.32 Å². The highest BCUT2D eigenvalue weighted by Crippen LogP contribution is 2.32. The van der Waals surface area contributed by atoms with Crippen molar-refractivity contribution in [2.75, 3.05) is 5.32 Å². The lowest BCUT2D eigenvalue weighted by atomic mass is 10.2. The monoisotopic (exact) mass is 318 g/mol. The summed E-state index contributed by atoms with van der Waals surface area (Å²) in [6.07, 6.45) is 0. The zero-order valence-electron chi connectivity index (χ0n) is 10.7. The van der Waals surface area contributed by atoms with E-state index >= 15 is 0 Å². The molecule has 4 nitrogen and oxygen atoms in total. The van der Waals surface area contributed by atoms with Crippen LogP contribution in [0.2, 0.25) is 0 Å². The van der Waals surface area contributed by atoms with Crippen molar-refractivity contribution in [1.82, 2.24) is 0 Å². The number of hydrogen-bond donors (Lipinski definition) is 1. The maximum atomic E-state index is 13.6. The van der Waals surface area contributed by atoms with Crippen LogP contribution in [0, 0.1) is 39.2 Å². The normalized spacial score (nSPS) is 10.6. The van der Waals surface area contributed by atoms with Crippen molar-refractivity contribution in [1.29, 1.82) is 0 Å². The molecule has 0 aliphatic rings. The Bertz CT molecular complexity index is 705. The Morgan fingerprint density at radius 2 is 1.41 bits per heavy atom. The van der Waals surface area contributed by atoms with Gasteiger partial charge in [-0.25, -0.2) is 13.2 Å². The molecule has 0 bridgehead atoms. The molecule has 0 fully saturated rings. The third-order valence-electron chi connectivity index (χ3n) is 2.81. The van der Waals surface area contributed by atoms with Gasteiger partial charge in [-0.15, -0.1) is 0 Å². The van der Waals surface area contributed by atoms with Crippen LogP contribution in [0.5, 0.6) is 0 Å². The number of hydrogen-bond acceptors (Lipinski definition) is 3. The van der Waals surface area contributed by atoms with Crippen LogP contribution in [0.15, 0.2) is 24.3 Å². The van der Waals surface area contributed by atoms with Gasteiger partial charge in [0.2, 0.25) is 11.6 Å². The third kappa shape index (κ3) is 2.83. The predicted octanol–water partition coefficient (Wildman–Crippen LogP) is 3.90. The summed E-state index contributed by atoms with van der Waals surface area (Å²) in [5.41, 5.74) is -2.70. The Morgan fingerprint density at radius 1 is 0.909 bits per heavy atom. The molecule has 2 aromatic carbocycles. The smallest absolute Gasteiger partial charge is 0.346 e. The lowest BCUT2D eigenvalue weighted by Crippen LogP contribution is -2.10. The van der Waals surface area contributed by atoms with Gasteiger partial charge in [-0.05, 0) is 17.7 Å². The lowest BCUT2D eigenvalue weighted by molar-refractivity contribution is -0.390. The van der Waals surface area contributed by atoms with E-state index in [9.17, 15) is 32.1 Å². The first kappa shape index (κ1) is 15.7. The molecule has 0 saturated carbocycles. The quantitative estimate of drug-likeness (QED) is 0.402. The number of benzene rings is 2. The summed E-state index contributed by atoms with van der Waals surface area (Å²) in [4.78, 5) is 8.85. The molecule has 0 radical (unpaired) electrons. The first-order valence-corrected chi connectivity index (χ1v) is 5.81. The molecule has 0 aliphatic heterocycles. The van der Waals surface area contributed by atoms with Crippen molar-refractivity contribution in [3.8, 4) is 0 Å². The summed E-state index contributed by atoms with van der Waals surface area (Å²) >= 11 is 0. The number of halogens is 5. The van der Waals surface area contributed by atoms with Crippen LogP contribution in [0.3, 0.4) is 0 Å². The van der Waals surface area contributed by atoms with Gasteiger partial charge >= 0.3 is 5.69 Å². The number of nitrogens with zero attached hydrogens (tertiary/aromatic N) is 1. The highest BCUT2D eigenvalue weighted by Gasteiger charge is 2.32. The first-order chi connectivity index (χ1) is 10.3. The van der Waals surface area contributed by atoms with Crippen molar-refractivity contribution < 1.29 is 26.9 Å². The van der Waals surface area contributed by atoms with E-state index in [-0.39, 0.29) is 6.54 Å². The fourth-order valence-corrected chi connectivity index (χ4v) is 1.73. The third-order valence-corrected chi connectivity index (χ3v) is 2.81. The molecule has 2 aromatic rings. The van der Waals surface area contributed by atoms with Crippen LogP contribution < -0.4 is 5.32 Å². The molecule has 0 atom stereocenters. The van der Waals surface area contributed by atoms with Crippen molar-refractivity contribution in [2.45, 2.75) is 6.54 Å². The minimum atomic E-state index is -2.11. The van der Waals surface area contributed by atoms with E-state index < -0.39 is 45.4 Å². The fourth-order valence-electron chi connectivity index (χ4n) is 1.73. The Labute approximate surface area is 120 Å². The van der Waals surface area contributed by atoms with Gasteiger partial charge in [0.15, 0.2) is 11.6 Å². The van der Waals surface area contributed by atoms with E-state index in [1.807, 2.05) is 0 Å². The topological polar surface area (TPSA) is 55.2 Å². The molecule has 22 heavy (non-hydrogen) atoms. The van der Waals surface area contributed by atoms with E-state index in [0.717, 1.165) is 12.1 Å². The van der Waals surface area contributed by atoms with Crippen LogP contribution in [0.4, 0.5) is 33.3 Å². The van der Waals surface area contributed by atoms with Crippen molar-refractivity contribution in [3.05, 3.63) is 69.0 Å².